The summed E-state index contributed by atoms with van der Waals surface area (Å²) < 4.78 is 23.8. The first-order valence-corrected chi connectivity index (χ1v) is 6.57. The van der Waals surface area contributed by atoms with Crippen LogP contribution >= 0.6 is 0 Å². The van der Waals surface area contributed by atoms with Gasteiger partial charge in [0.2, 0.25) is 10.0 Å². The number of amidine groups is 1. The highest BCUT2D eigenvalue weighted by Crippen LogP contribution is 2.06. The van der Waals surface area contributed by atoms with Crippen LogP contribution in [0.5, 0.6) is 0 Å². The van der Waals surface area contributed by atoms with Gasteiger partial charge in [0.25, 0.3) is 0 Å². The number of hydrogen-bond acceptors (Lipinski definition) is 3. The Morgan fingerprint density at radius 2 is 1.79 bits per heavy atom. The molecule has 0 radical (unpaired) electrons. The zero-order chi connectivity index (χ0) is 10.8. The lowest BCUT2D eigenvalue weighted by Crippen LogP contribution is -2.49. The Morgan fingerprint density at radius 3 is 2.14 bits per heavy atom. The van der Waals surface area contributed by atoms with E-state index in [2.05, 4.69) is 0 Å². The zero-order valence-electron chi connectivity index (χ0n) is 8.65. The third kappa shape index (κ3) is 2.68. The largest absolute Gasteiger partial charge is 0.358 e. The smallest absolute Gasteiger partial charge is 0.211 e. The molecule has 0 aromatic heterocycles. The predicted molar refractivity (Wildman–Crippen MR) is 56.0 cm³/mol. The van der Waals surface area contributed by atoms with Gasteiger partial charge in [-0.25, -0.2) is 8.42 Å². The summed E-state index contributed by atoms with van der Waals surface area (Å²) in [6.07, 6.45) is 1.94. The molecule has 0 spiro atoms. The van der Waals surface area contributed by atoms with Crippen molar-refractivity contribution in [1.82, 2.24) is 9.21 Å². The molecule has 0 atom stereocenters. The van der Waals surface area contributed by atoms with Crippen LogP contribution in [-0.4, -0.2) is 55.9 Å². The van der Waals surface area contributed by atoms with Crippen LogP contribution in [0.25, 0.3) is 0 Å². The summed E-state index contributed by atoms with van der Waals surface area (Å²) in [5.74, 6) is 0.596. The number of nitrogens with one attached hydrogen (secondary N) is 1. The predicted octanol–water partition coefficient (Wildman–Crippen LogP) is -0.0491. The Hall–Kier alpha value is -0.620. The fraction of sp³-hybridized carbons (Fsp3) is 0.875. The highest BCUT2D eigenvalue weighted by molar-refractivity contribution is 7.88. The van der Waals surface area contributed by atoms with Crippen molar-refractivity contribution in [3.05, 3.63) is 0 Å². The number of rotatable bonds is 2. The summed E-state index contributed by atoms with van der Waals surface area (Å²) in [7, 11) is -3.05. The van der Waals surface area contributed by atoms with E-state index >= 15 is 0 Å². The van der Waals surface area contributed by atoms with Crippen molar-refractivity contribution in [2.75, 3.05) is 32.4 Å². The van der Waals surface area contributed by atoms with E-state index in [9.17, 15) is 8.42 Å². The van der Waals surface area contributed by atoms with E-state index in [0.717, 1.165) is 0 Å². The molecule has 0 aromatic rings. The molecule has 0 aromatic carbocycles. The minimum absolute atomic E-state index is 0.501. The Balaban J connectivity index is 2.51. The minimum atomic E-state index is -3.05. The molecule has 0 bridgehead atoms. The Bertz CT molecular complexity index is 305. The van der Waals surface area contributed by atoms with Gasteiger partial charge in [0.05, 0.1) is 12.1 Å². The van der Waals surface area contributed by atoms with E-state index in [0.29, 0.717) is 38.4 Å². The monoisotopic (exact) mass is 219 g/mol. The highest BCUT2D eigenvalue weighted by atomic mass is 32.2. The number of piperazine rings is 1. The average molecular weight is 219 g/mol. The lowest BCUT2D eigenvalue weighted by molar-refractivity contribution is 0.263. The van der Waals surface area contributed by atoms with Crippen LogP contribution in [0.15, 0.2) is 0 Å². The van der Waals surface area contributed by atoms with E-state index in [4.69, 9.17) is 5.41 Å². The van der Waals surface area contributed by atoms with Gasteiger partial charge in [-0.3, -0.25) is 5.41 Å². The van der Waals surface area contributed by atoms with Crippen molar-refractivity contribution in [2.45, 2.75) is 13.3 Å². The molecule has 0 aliphatic carbocycles. The zero-order valence-corrected chi connectivity index (χ0v) is 9.47. The summed E-state index contributed by atoms with van der Waals surface area (Å²) in [5, 5.41) is 7.61. The number of nitrogens with zero attached hydrogens (tertiary/aromatic N) is 2. The first-order chi connectivity index (χ1) is 6.45. The van der Waals surface area contributed by atoms with Crippen molar-refractivity contribution in [3.8, 4) is 0 Å². The summed E-state index contributed by atoms with van der Waals surface area (Å²) in [4.78, 5) is 1.93. The van der Waals surface area contributed by atoms with Gasteiger partial charge < -0.3 is 4.90 Å². The van der Waals surface area contributed by atoms with E-state index in [1.807, 2.05) is 11.8 Å². The first kappa shape index (κ1) is 11.5. The first-order valence-electron chi connectivity index (χ1n) is 4.72. The van der Waals surface area contributed by atoms with Crippen molar-refractivity contribution >= 4 is 15.9 Å². The summed E-state index contributed by atoms with van der Waals surface area (Å²) >= 11 is 0. The Labute approximate surface area is 85.3 Å². The van der Waals surface area contributed by atoms with E-state index in [-0.39, 0.29) is 0 Å². The molecule has 6 heteroatoms. The molecule has 14 heavy (non-hydrogen) atoms. The van der Waals surface area contributed by atoms with Crippen molar-refractivity contribution in [1.29, 1.82) is 5.41 Å². The van der Waals surface area contributed by atoms with Crippen LogP contribution in [0.1, 0.15) is 13.3 Å². The molecule has 1 fully saturated rings. The van der Waals surface area contributed by atoms with Crippen molar-refractivity contribution in [3.63, 3.8) is 0 Å². The van der Waals surface area contributed by atoms with Crippen LogP contribution in [0.3, 0.4) is 0 Å². The second-order valence-corrected chi connectivity index (χ2v) is 5.43. The molecule has 1 saturated heterocycles. The van der Waals surface area contributed by atoms with Crippen LogP contribution < -0.4 is 0 Å². The van der Waals surface area contributed by atoms with Gasteiger partial charge in [-0.1, -0.05) is 6.92 Å². The maximum atomic E-state index is 11.2. The number of hydrogen-bond donors (Lipinski definition) is 1. The minimum Gasteiger partial charge on any atom is -0.358 e. The van der Waals surface area contributed by atoms with Gasteiger partial charge in [-0.2, -0.15) is 4.31 Å². The Kier molecular flexibility index (Phi) is 3.49. The molecule has 1 heterocycles. The Morgan fingerprint density at radius 1 is 1.29 bits per heavy atom. The maximum Gasteiger partial charge on any atom is 0.211 e. The van der Waals surface area contributed by atoms with E-state index in [1.165, 1.54) is 10.6 Å². The third-order valence-corrected chi connectivity index (χ3v) is 3.73. The van der Waals surface area contributed by atoms with Crippen molar-refractivity contribution < 1.29 is 8.42 Å². The lowest BCUT2D eigenvalue weighted by atomic mass is 10.3. The fourth-order valence-electron chi connectivity index (χ4n) is 1.51. The molecule has 82 valence electrons. The van der Waals surface area contributed by atoms with Gasteiger partial charge >= 0.3 is 0 Å². The normalized spacial score (nSPS) is 19.7. The topological polar surface area (TPSA) is 64.5 Å². The van der Waals surface area contributed by atoms with Crippen LogP contribution in [0.4, 0.5) is 0 Å². The summed E-state index contributed by atoms with van der Waals surface area (Å²) in [5.41, 5.74) is 0. The molecule has 0 amide bonds. The SMILES string of the molecule is CCC(=N)N1CCN(S(C)(=O)=O)CC1. The van der Waals surface area contributed by atoms with Crippen molar-refractivity contribution in [2.24, 2.45) is 0 Å². The summed E-state index contributed by atoms with van der Waals surface area (Å²) in [6, 6.07) is 0. The number of sulfonamides is 1. The second-order valence-electron chi connectivity index (χ2n) is 3.45. The molecule has 1 N–H and O–H groups in total. The molecule has 0 unspecified atom stereocenters. The molecule has 1 rings (SSSR count). The molecule has 1 aliphatic rings. The average Bonchev–Trinajstić information content (AvgIpc) is 2.15. The standard InChI is InChI=1S/C8H17N3O2S/c1-3-8(9)10-4-6-11(7-5-10)14(2,12)13/h9H,3-7H2,1-2H3. The van der Waals surface area contributed by atoms with Crippen LogP contribution in [-0.2, 0) is 10.0 Å². The van der Waals surface area contributed by atoms with Gasteiger partial charge in [-0.15, -0.1) is 0 Å². The van der Waals surface area contributed by atoms with Gasteiger partial charge in [0.1, 0.15) is 0 Å². The van der Waals surface area contributed by atoms with Crippen LogP contribution in [0.2, 0.25) is 0 Å². The van der Waals surface area contributed by atoms with E-state index in [1.54, 1.807) is 0 Å². The molecule has 1 aliphatic heterocycles. The van der Waals surface area contributed by atoms with E-state index < -0.39 is 10.0 Å². The second kappa shape index (κ2) is 4.27. The van der Waals surface area contributed by atoms with Gasteiger partial charge in [0.15, 0.2) is 0 Å². The lowest BCUT2D eigenvalue weighted by Gasteiger charge is -2.34. The fourth-order valence-corrected chi connectivity index (χ4v) is 2.34. The quantitative estimate of drug-likeness (QED) is 0.523. The highest BCUT2D eigenvalue weighted by Gasteiger charge is 2.23. The third-order valence-electron chi connectivity index (χ3n) is 2.42. The molecule has 5 nitrogen and oxygen atoms in total. The van der Waals surface area contributed by atoms with Gasteiger partial charge in [-0.05, 0) is 0 Å². The van der Waals surface area contributed by atoms with Crippen LogP contribution in [0, 0.1) is 5.41 Å². The van der Waals surface area contributed by atoms with Gasteiger partial charge in [0, 0.05) is 32.6 Å². The molecule has 0 saturated carbocycles. The maximum absolute atomic E-state index is 11.2. The summed E-state index contributed by atoms with van der Waals surface area (Å²) in [6.45, 7) is 4.22. The molecular weight excluding hydrogens is 202 g/mol. The molecular formula is C8H17N3O2S.